The van der Waals surface area contributed by atoms with Crippen LogP contribution in [0.25, 0.3) is 0 Å². The molecule has 0 aliphatic carbocycles. The third-order valence-electron chi connectivity index (χ3n) is 4.65. The maximum atomic E-state index is 12.8. The Balaban J connectivity index is 2.14. The van der Waals surface area contributed by atoms with E-state index in [9.17, 15) is 4.79 Å². The van der Waals surface area contributed by atoms with Gasteiger partial charge in [-0.05, 0) is 50.9 Å². The van der Waals surface area contributed by atoms with Crippen LogP contribution in [-0.2, 0) is 11.2 Å². The van der Waals surface area contributed by atoms with E-state index in [4.69, 9.17) is 11.6 Å². The molecule has 1 aliphatic rings. The Hall–Kier alpha value is -0.860. The number of carbonyl (C=O) groups is 1. The fourth-order valence-electron chi connectivity index (χ4n) is 2.99. The average molecular weight is 294 g/mol. The minimum absolute atomic E-state index is 0.287. The number of halogens is 1. The summed E-state index contributed by atoms with van der Waals surface area (Å²) in [6.07, 6.45) is 4.98. The molecule has 2 rings (SSSR count). The lowest BCUT2D eigenvalue weighted by molar-refractivity contribution is -0.130. The molecule has 110 valence electrons. The molecule has 3 heteroatoms. The molecule has 1 aromatic carbocycles. The second-order valence-corrected chi connectivity index (χ2v) is 6.27. The third kappa shape index (κ3) is 3.24. The van der Waals surface area contributed by atoms with Gasteiger partial charge in [0.15, 0.2) is 5.78 Å². The first-order valence-electron chi connectivity index (χ1n) is 7.59. The van der Waals surface area contributed by atoms with Gasteiger partial charge in [0.25, 0.3) is 0 Å². The number of likely N-dealkylation sites (tertiary alicyclic amines) is 1. The Morgan fingerprint density at radius 3 is 2.50 bits per heavy atom. The molecule has 20 heavy (non-hydrogen) atoms. The maximum Gasteiger partial charge on any atom is 0.157 e. The van der Waals surface area contributed by atoms with Crippen LogP contribution in [0.1, 0.15) is 45.1 Å². The highest BCUT2D eigenvalue weighted by atomic mass is 35.5. The van der Waals surface area contributed by atoms with Gasteiger partial charge in [-0.15, -0.1) is 0 Å². The highest BCUT2D eigenvalue weighted by molar-refractivity contribution is 6.31. The molecule has 0 radical (unpaired) electrons. The van der Waals surface area contributed by atoms with Crippen molar-refractivity contribution in [3.63, 3.8) is 0 Å². The van der Waals surface area contributed by atoms with Gasteiger partial charge in [-0.3, -0.25) is 9.69 Å². The van der Waals surface area contributed by atoms with Crippen molar-refractivity contribution in [3.8, 4) is 0 Å². The zero-order valence-electron chi connectivity index (χ0n) is 12.5. The predicted molar refractivity (Wildman–Crippen MR) is 84.3 cm³/mol. The molecule has 1 fully saturated rings. The van der Waals surface area contributed by atoms with Crippen LogP contribution in [0, 0.1) is 0 Å². The van der Waals surface area contributed by atoms with Crippen LogP contribution in [0.2, 0.25) is 5.02 Å². The zero-order valence-corrected chi connectivity index (χ0v) is 13.2. The van der Waals surface area contributed by atoms with Crippen LogP contribution in [-0.4, -0.2) is 29.3 Å². The first-order valence-corrected chi connectivity index (χ1v) is 7.97. The zero-order chi connectivity index (χ0) is 14.6. The quantitative estimate of drug-likeness (QED) is 0.814. The summed E-state index contributed by atoms with van der Waals surface area (Å²) < 4.78 is 0. The van der Waals surface area contributed by atoms with Gasteiger partial charge >= 0.3 is 0 Å². The molecular weight excluding hydrogens is 270 g/mol. The van der Waals surface area contributed by atoms with Crippen molar-refractivity contribution in [3.05, 3.63) is 34.9 Å². The summed E-state index contributed by atoms with van der Waals surface area (Å²) in [4.78, 5) is 15.2. The van der Waals surface area contributed by atoms with Gasteiger partial charge in [0.05, 0.1) is 5.54 Å². The minimum Gasteiger partial charge on any atom is -0.297 e. The van der Waals surface area contributed by atoms with Gasteiger partial charge in [0.1, 0.15) is 0 Å². The summed E-state index contributed by atoms with van der Waals surface area (Å²) in [7, 11) is 0. The monoisotopic (exact) mass is 293 g/mol. The number of benzene rings is 1. The van der Waals surface area contributed by atoms with Gasteiger partial charge in [-0.2, -0.15) is 0 Å². The van der Waals surface area contributed by atoms with Crippen molar-refractivity contribution in [1.29, 1.82) is 0 Å². The molecule has 1 heterocycles. The van der Waals surface area contributed by atoms with Crippen LogP contribution < -0.4 is 0 Å². The van der Waals surface area contributed by atoms with E-state index in [1.165, 1.54) is 19.3 Å². The van der Waals surface area contributed by atoms with Gasteiger partial charge in [-0.25, -0.2) is 0 Å². The van der Waals surface area contributed by atoms with Crippen LogP contribution in [0.5, 0.6) is 0 Å². The lowest BCUT2D eigenvalue weighted by Gasteiger charge is -2.42. The van der Waals surface area contributed by atoms with Crippen molar-refractivity contribution in [1.82, 2.24) is 4.90 Å². The van der Waals surface area contributed by atoms with E-state index in [0.29, 0.717) is 11.4 Å². The summed E-state index contributed by atoms with van der Waals surface area (Å²) in [6, 6.07) is 7.65. The SMILES string of the molecule is CCC(C)(C(=O)Cc1ccccc1Cl)N1CCCCC1. The van der Waals surface area contributed by atoms with E-state index in [1.54, 1.807) is 0 Å². The van der Waals surface area contributed by atoms with E-state index in [-0.39, 0.29) is 11.3 Å². The first-order chi connectivity index (χ1) is 9.58. The van der Waals surface area contributed by atoms with Crippen molar-refractivity contribution < 1.29 is 4.79 Å². The summed E-state index contributed by atoms with van der Waals surface area (Å²) in [6.45, 7) is 6.29. The number of nitrogens with zero attached hydrogens (tertiary/aromatic N) is 1. The maximum absolute atomic E-state index is 12.8. The Kier molecular flexibility index (Phi) is 5.22. The van der Waals surface area contributed by atoms with Gasteiger partial charge in [0, 0.05) is 11.4 Å². The molecule has 0 spiro atoms. The van der Waals surface area contributed by atoms with E-state index in [2.05, 4.69) is 18.7 Å². The molecule has 1 unspecified atom stereocenters. The molecule has 1 atom stereocenters. The van der Waals surface area contributed by atoms with E-state index in [1.807, 2.05) is 24.3 Å². The predicted octanol–water partition coefficient (Wildman–Crippen LogP) is 4.11. The topological polar surface area (TPSA) is 20.3 Å². The second-order valence-electron chi connectivity index (χ2n) is 5.87. The smallest absolute Gasteiger partial charge is 0.157 e. The van der Waals surface area contributed by atoms with Crippen molar-refractivity contribution in [2.24, 2.45) is 0 Å². The highest BCUT2D eigenvalue weighted by Crippen LogP contribution is 2.27. The molecule has 1 aromatic rings. The van der Waals surface area contributed by atoms with Gasteiger partial charge in [-0.1, -0.05) is 43.1 Å². The second kappa shape index (κ2) is 6.73. The van der Waals surface area contributed by atoms with Crippen LogP contribution in [0.3, 0.4) is 0 Å². The number of hydrogen-bond donors (Lipinski definition) is 0. The molecule has 2 nitrogen and oxygen atoms in total. The van der Waals surface area contributed by atoms with Gasteiger partial charge < -0.3 is 0 Å². The standard InChI is InChI=1S/C17H24ClNO/c1-3-17(2,19-11-7-4-8-12-19)16(20)13-14-9-5-6-10-15(14)18/h5-6,9-10H,3-4,7-8,11-13H2,1-2H3. The van der Waals surface area contributed by atoms with E-state index >= 15 is 0 Å². The van der Waals surface area contributed by atoms with Crippen molar-refractivity contribution >= 4 is 17.4 Å². The Morgan fingerprint density at radius 1 is 1.25 bits per heavy atom. The molecular formula is C17H24ClNO. The lowest BCUT2D eigenvalue weighted by atomic mass is 9.86. The van der Waals surface area contributed by atoms with Crippen LogP contribution >= 0.6 is 11.6 Å². The van der Waals surface area contributed by atoms with Crippen LogP contribution in [0.15, 0.2) is 24.3 Å². The Labute approximate surface area is 127 Å². The third-order valence-corrected chi connectivity index (χ3v) is 5.02. The lowest BCUT2D eigenvalue weighted by Crippen LogP contribution is -2.54. The molecule has 1 aliphatic heterocycles. The number of piperidine rings is 1. The highest BCUT2D eigenvalue weighted by Gasteiger charge is 2.37. The molecule has 0 aromatic heterocycles. The number of ketones is 1. The Bertz CT molecular complexity index is 468. The summed E-state index contributed by atoms with van der Waals surface area (Å²) in [5, 5.41) is 0.693. The van der Waals surface area contributed by atoms with Crippen molar-refractivity contribution in [2.75, 3.05) is 13.1 Å². The molecule has 1 saturated heterocycles. The summed E-state index contributed by atoms with van der Waals surface area (Å²) in [5.41, 5.74) is 0.593. The van der Waals surface area contributed by atoms with E-state index in [0.717, 1.165) is 25.1 Å². The summed E-state index contributed by atoms with van der Waals surface area (Å²) >= 11 is 6.18. The normalized spacial score (nSPS) is 19.6. The summed E-state index contributed by atoms with van der Waals surface area (Å²) in [5.74, 6) is 0.287. The number of rotatable bonds is 5. The molecule has 0 N–H and O–H groups in total. The molecule has 0 bridgehead atoms. The molecule has 0 saturated carbocycles. The number of carbonyl (C=O) groups excluding carboxylic acids is 1. The molecule has 0 amide bonds. The van der Waals surface area contributed by atoms with Crippen LogP contribution in [0.4, 0.5) is 0 Å². The first kappa shape index (κ1) is 15.5. The fourth-order valence-corrected chi connectivity index (χ4v) is 3.19. The van der Waals surface area contributed by atoms with E-state index < -0.39 is 0 Å². The van der Waals surface area contributed by atoms with Gasteiger partial charge in [0.2, 0.25) is 0 Å². The number of Topliss-reactive ketones (excluding diaryl/α,β-unsaturated/α-hetero) is 1. The Morgan fingerprint density at radius 2 is 1.90 bits per heavy atom. The minimum atomic E-state index is -0.348. The average Bonchev–Trinajstić information content (AvgIpc) is 2.49. The fraction of sp³-hybridized carbons (Fsp3) is 0.588. The number of hydrogen-bond acceptors (Lipinski definition) is 2. The largest absolute Gasteiger partial charge is 0.297 e. The van der Waals surface area contributed by atoms with Crippen molar-refractivity contribution in [2.45, 2.75) is 51.5 Å².